The van der Waals surface area contributed by atoms with Crippen LogP contribution in [0.15, 0.2) is 64.6 Å². The van der Waals surface area contributed by atoms with E-state index in [0.29, 0.717) is 27.4 Å². The third kappa shape index (κ3) is 5.05. The van der Waals surface area contributed by atoms with Crippen LogP contribution in [0.1, 0.15) is 34.2 Å². The molecule has 0 saturated carbocycles. The van der Waals surface area contributed by atoms with Crippen LogP contribution in [-0.4, -0.2) is 29.8 Å². The Hall–Kier alpha value is -3.88. The molecule has 0 unspecified atom stereocenters. The van der Waals surface area contributed by atoms with Gasteiger partial charge in [0, 0.05) is 42.1 Å². The van der Waals surface area contributed by atoms with Crippen LogP contribution in [0.4, 0.5) is 5.69 Å². The average Bonchev–Trinajstić information content (AvgIpc) is 2.78. The summed E-state index contributed by atoms with van der Waals surface area (Å²) in [5.41, 5.74) is 2.87. The Morgan fingerprint density at radius 3 is 2.47 bits per heavy atom. The predicted molar refractivity (Wildman–Crippen MR) is 132 cm³/mol. The summed E-state index contributed by atoms with van der Waals surface area (Å²) in [5.74, 6) is 2.04. The largest absolute Gasteiger partial charge is 0.378 e. The van der Waals surface area contributed by atoms with Gasteiger partial charge in [-0.15, -0.1) is 6.42 Å². The van der Waals surface area contributed by atoms with Gasteiger partial charge in [-0.3, -0.25) is 14.6 Å². The van der Waals surface area contributed by atoms with E-state index in [1.54, 1.807) is 37.4 Å². The molecule has 6 heteroatoms. The fourth-order valence-electron chi connectivity index (χ4n) is 3.25. The maximum atomic E-state index is 13.2. The lowest BCUT2D eigenvalue weighted by molar-refractivity contribution is 0.104. The number of H-pyrrole nitrogens is 1. The third-order valence-electron chi connectivity index (χ3n) is 4.75. The Kier molecular flexibility index (Phi) is 7.09. The quantitative estimate of drug-likeness (QED) is 0.331. The second kappa shape index (κ2) is 9.95. The first kappa shape index (κ1) is 22.8. The number of rotatable bonds is 6. The molecule has 1 aromatic carbocycles. The number of ketones is 1. The Morgan fingerprint density at radius 2 is 1.91 bits per heavy atom. The summed E-state index contributed by atoms with van der Waals surface area (Å²) in [7, 11) is 3.86. The van der Waals surface area contributed by atoms with Crippen LogP contribution in [0, 0.1) is 12.3 Å². The summed E-state index contributed by atoms with van der Waals surface area (Å²) in [5, 5.41) is 0.460. The highest BCUT2D eigenvalue weighted by Gasteiger charge is 2.21. The smallest absolute Gasteiger partial charge is 0.260 e. The van der Waals surface area contributed by atoms with E-state index in [0.717, 1.165) is 5.69 Å². The van der Waals surface area contributed by atoms with Crippen molar-refractivity contribution in [3.05, 3.63) is 92.6 Å². The Balaban J connectivity index is 2.27. The van der Waals surface area contributed by atoms with Crippen LogP contribution in [0.2, 0.25) is 0 Å². The molecule has 2 heterocycles. The van der Waals surface area contributed by atoms with E-state index in [2.05, 4.69) is 15.9 Å². The van der Waals surface area contributed by atoms with Crippen LogP contribution >= 0.6 is 11.6 Å². The van der Waals surface area contributed by atoms with Crippen molar-refractivity contribution in [1.29, 1.82) is 0 Å². The lowest BCUT2D eigenvalue weighted by atomic mass is 9.91. The van der Waals surface area contributed by atoms with Crippen molar-refractivity contribution in [2.75, 3.05) is 19.0 Å². The van der Waals surface area contributed by atoms with E-state index in [1.165, 1.54) is 6.08 Å². The monoisotopic (exact) mass is 443 g/mol. The average molecular weight is 444 g/mol. The topological polar surface area (TPSA) is 66.1 Å². The Labute approximate surface area is 192 Å². The number of hydrogen-bond acceptors (Lipinski definition) is 4. The number of anilines is 1. The maximum absolute atomic E-state index is 13.2. The molecule has 0 saturated heterocycles. The van der Waals surface area contributed by atoms with Crippen LogP contribution in [0.5, 0.6) is 0 Å². The van der Waals surface area contributed by atoms with Gasteiger partial charge >= 0.3 is 0 Å². The molecule has 2 aromatic heterocycles. The highest BCUT2D eigenvalue weighted by Crippen LogP contribution is 2.31. The number of aromatic amines is 1. The van der Waals surface area contributed by atoms with Gasteiger partial charge in [-0.05, 0) is 55.0 Å². The van der Waals surface area contributed by atoms with Gasteiger partial charge in [0.15, 0.2) is 5.78 Å². The van der Waals surface area contributed by atoms with Crippen LogP contribution < -0.4 is 10.5 Å². The Morgan fingerprint density at radius 1 is 1.19 bits per heavy atom. The van der Waals surface area contributed by atoms with Crippen LogP contribution in [-0.2, 0) is 0 Å². The predicted octanol–water partition coefficient (Wildman–Crippen LogP) is 4.98. The molecule has 0 aliphatic heterocycles. The lowest BCUT2D eigenvalue weighted by Crippen LogP contribution is -2.21. The first-order valence-electron chi connectivity index (χ1n) is 9.83. The van der Waals surface area contributed by atoms with Gasteiger partial charge in [-0.1, -0.05) is 35.7 Å². The number of carbonyl (C=O) groups excluding carboxylic acids is 1. The molecule has 0 radical (unpaired) electrons. The van der Waals surface area contributed by atoms with E-state index in [9.17, 15) is 9.59 Å². The molecule has 32 heavy (non-hydrogen) atoms. The molecular formula is C26H22ClN3O2. The van der Waals surface area contributed by atoms with Crippen molar-refractivity contribution in [3.63, 3.8) is 0 Å². The molecule has 0 bridgehead atoms. The zero-order valence-corrected chi connectivity index (χ0v) is 18.8. The molecule has 0 fully saturated rings. The lowest BCUT2D eigenvalue weighted by Gasteiger charge is -2.16. The molecule has 0 atom stereocenters. The number of halogens is 1. The van der Waals surface area contributed by atoms with E-state index >= 15 is 0 Å². The van der Waals surface area contributed by atoms with Gasteiger partial charge in [0.2, 0.25) is 0 Å². The second-order valence-electron chi connectivity index (χ2n) is 7.26. The zero-order chi connectivity index (χ0) is 23.3. The molecule has 160 valence electrons. The number of benzene rings is 1. The fourth-order valence-corrected chi connectivity index (χ4v) is 3.36. The molecule has 5 nitrogen and oxygen atoms in total. The van der Waals surface area contributed by atoms with E-state index < -0.39 is 11.3 Å². The number of terminal acetylenes is 1. The minimum absolute atomic E-state index is 0.0158. The number of hydrogen-bond donors (Lipinski definition) is 1. The summed E-state index contributed by atoms with van der Waals surface area (Å²) in [6.07, 6.45) is 11.8. The number of allylic oxidation sites excluding steroid dienone is 2. The summed E-state index contributed by atoms with van der Waals surface area (Å²) >= 11 is 6.17. The van der Waals surface area contributed by atoms with E-state index in [-0.39, 0.29) is 11.3 Å². The number of nitrogens with zero attached hydrogens (tertiary/aromatic N) is 2. The summed E-state index contributed by atoms with van der Waals surface area (Å²) in [6, 6.07) is 12.9. The van der Waals surface area contributed by atoms with Crippen molar-refractivity contribution in [3.8, 4) is 23.5 Å². The van der Waals surface area contributed by atoms with Crippen LogP contribution in [0.25, 0.3) is 23.3 Å². The maximum Gasteiger partial charge on any atom is 0.260 e. The number of carbonyl (C=O) groups is 1. The van der Waals surface area contributed by atoms with Crippen molar-refractivity contribution >= 4 is 35.2 Å². The van der Waals surface area contributed by atoms with Gasteiger partial charge in [-0.25, -0.2) is 0 Å². The minimum atomic E-state index is -0.565. The molecule has 3 rings (SSSR count). The summed E-state index contributed by atoms with van der Waals surface area (Å²) in [6.45, 7) is 1.70. The number of pyridine rings is 2. The fraction of sp³-hybridized carbons (Fsp3) is 0.115. The third-order valence-corrected chi connectivity index (χ3v) is 4.86. The van der Waals surface area contributed by atoms with Crippen molar-refractivity contribution in [2.45, 2.75) is 6.92 Å². The van der Waals surface area contributed by atoms with Gasteiger partial charge in [0.05, 0.1) is 17.0 Å². The SMILES string of the molecule is C#Cc1[nH]c(=O)c(C(=O)/C=C/c2ccccn2)c(-c2ccc(N(C)C)cc2)c1/C=C(\C)Cl. The Bertz CT molecular complexity index is 1290. The first-order chi connectivity index (χ1) is 15.3. The molecule has 3 aromatic rings. The molecule has 0 aliphatic carbocycles. The number of aromatic nitrogens is 2. The highest BCUT2D eigenvalue weighted by molar-refractivity contribution is 6.31. The van der Waals surface area contributed by atoms with Crippen LogP contribution in [0.3, 0.4) is 0 Å². The second-order valence-corrected chi connectivity index (χ2v) is 7.86. The van der Waals surface area contributed by atoms with E-state index in [4.69, 9.17) is 18.0 Å². The van der Waals surface area contributed by atoms with Crippen molar-refractivity contribution in [1.82, 2.24) is 9.97 Å². The normalized spacial score (nSPS) is 11.4. The minimum Gasteiger partial charge on any atom is -0.378 e. The molecule has 1 N–H and O–H groups in total. The molecule has 0 spiro atoms. The molecule has 0 aliphatic rings. The standard InChI is InChI=1S/C26H22ClN3O2/c1-5-22-21(16-17(2)27)24(18-9-12-20(13-10-18)30(3)4)25(26(32)29-22)23(31)14-11-19-8-6-7-15-28-19/h1,6-16H,2-4H3,(H,29,32)/b14-11+,17-16+. The molecular weight excluding hydrogens is 422 g/mol. The van der Waals surface area contributed by atoms with Gasteiger partial charge < -0.3 is 9.88 Å². The summed E-state index contributed by atoms with van der Waals surface area (Å²) in [4.78, 5) is 35.0. The van der Waals surface area contributed by atoms with Crippen molar-refractivity contribution < 1.29 is 4.79 Å². The van der Waals surface area contributed by atoms with Gasteiger partial charge in [0.1, 0.15) is 0 Å². The number of nitrogens with one attached hydrogen (secondary N) is 1. The van der Waals surface area contributed by atoms with Crippen molar-refractivity contribution in [2.24, 2.45) is 0 Å². The van der Waals surface area contributed by atoms with Gasteiger partial charge in [-0.2, -0.15) is 0 Å². The highest BCUT2D eigenvalue weighted by atomic mass is 35.5. The van der Waals surface area contributed by atoms with E-state index in [1.807, 2.05) is 49.3 Å². The molecule has 0 amide bonds. The first-order valence-corrected chi connectivity index (χ1v) is 10.2. The zero-order valence-electron chi connectivity index (χ0n) is 18.0. The van der Waals surface area contributed by atoms with Gasteiger partial charge in [0.25, 0.3) is 5.56 Å². The summed E-state index contributed by atoms with van der Waals surface area (Å²) < 4.78 is 0.